The van der Waals surface area contributed by atoms with Crippen molar-refractivity contribution in [3.63, 3.8) is 0 Å². The first kappa shape index (κ1) is 27.2. The van der Waals surface area contributed by atoms with Crippen LogP contribution in [0.3, 0.4) is 0 Å². The van der Waals surface area contributed by atoms with Gasteiger partial charge in [0.05, 0.1) is 0 Å². The van der Waals surface area contributed by atoms with Crippen LogP contribution in [0.5, 0.6) is 0 Å². The van der Waals surface area contributed by atoms with E-state index in [1.807, 2.05) is 0 Å². The van der Waals surface area contributed by atoms with E-state index in [-0.39, 0.29) is 0 Å². The highest BCUT2D eigenvalue weighted by molar-refractivity contribution is 5.85. The normalized spacial score (nSPS) is 11.2. The number of hydrogen-bond acceptors (Lipinski definition) is 1. The fourth-order valence-electron chi connectivity index (χ4n) is 4.05. The maximum absolute atomic E-state index is 11.0. The van der Waals surface area contributed by atoms with Gasteiger partial charge in [-0.25, -0.2) is 4.79 Å². The molecule has 0 amide bonds. The average molecular weight is 395 g/mol. The largest absolute Gasteiger partial charge is 0.478 e. The van der Waals surface area contributed by atoms with E-state index < -0.39 is 5.97 Å². The molecule has 0 aromatic rings. The van der Waals surface area contributed by atoms with Gasteiger partial charge in [-0.3, -0.25) is 0 Å². The quantitative estimate of drug-likeness (QED) is 0.147. The number of carboxylic acids is 1. The Hall–Kier alpha value is -0.790. The summed E-state index contributed by atoms with van der Waals surface area (Å²) in [5, 5.41) is 9.06. The summed E-state index contributed by atoms with van der Waals surface area (Å²) in [7, 11) is 0. The summed E-state index contributed by atoms with van der Waals surface area (Å²) in [6.07, 6.45) is 26.1. The SMILES string of the molecule is C=C(CCC(CCCCCCCCCC)CCCCCCCCCC)C(=O)O. The van der Waals surface area contributed by atoms with Crippen LogP contribution in [0.15, 0.2) is 12.2 Å². The van der Waals surface area contributed by atoms with E-state index in [2.05, 4.69) is 20.4 Å². The molecule has 1 N–H and O–H groups in total. The van der Waals surface area contributed by atoms with E-state index in [1.165, 1.54) is 116 Å². The van der Waals surface area contributed by atoms with Gasteiger partial charge in [0.25, 0.3) is 0 Å². The van der Waals surface area contributed by atoms with E-state index in [9.17, 15) is 4.79 Å². The Labute approximate surface area is 176 Å². The second-order valence-corrected chi connectivity index (χ2v) is 8.84. The molecular formula is C26H50O2. The van der Waals surface area contributed by atoms with Crippen LogP contribution in [0.1, 0.15) is 142 Å². The minimum Gasteiger partial charge on any atom is -0.478 e. The molecule has 0 radical (unpaired) electrons. The maximum atomic E-state index is 11.0. The van der Waals surface area contributed by atoms with Crippen LogP contribution in [0.25, 0.3) is 0 Å². The van der Waals surface area contributed by atoms with Crippen LogP contribution in [-0.4, -0.2) is 11.1 Å². The zero-order chi connectivity index (χ0) is 20.9. The molecule has 0 bridgehead atoms. The van der Waals surface area contributed by atoms with Crippen LogP contribution in [0.2, 0.25) is 0 Å². The fraction of sp³-hybridized carbons (Fsp3) is 0.885. The minimum absolute atomic E-state index is 0.386. The predicted molar refractivity (Wildman–Crippen MR) is 124 cm³/mol. The first-order chi connectivity index (χ1) is 13.6. The van der Waals surface area contributed by atoms with E-state index in [1.54, 1.807) is 0 Å². The Balaban J connectivity index is 3.91. The van der Waals surface area contributed by atoms with Gasteiger partial charge in [0.2, 0.25) is 0 Å². The van der Waals surface area contributed by atoms with Gasteiger partial charge in [0, 0.05) is 5.57 Å². The molecule has 0 heterocycles. The van der Waals surface area contributed by atoms with Gasteiger partial charge >= 0.3 is 5.97 Å². The lowest BCUT2D eigenvalue weighted by Gasteiger charge is -2.17. The summed E-state index contributed by atoms with van der Waals surface area (Å²) in [5.41, 5.74) is 0.386. The second-order valence-electron chi connectivity index (χ2n) is 8.84. The molecule has 0 aromatic heterocycles. The van der Waals surface area contributed by atoms with Crippen molar-refractivity contribution in [2.24, 2.45) is 5.92 Å². The Kier molecular flexibility index (Phi) is 20.3. The summed E-state index contributed by atoms with van der Waals surface area (Å²) >= 11 is 0. The third-order valence-corrected chi connectivity index (χ3v) is 6.09. The molecule has 0 atom stereocenters. The van der Waals surface area contributed by atoms with Crippen molar-refractivity contribution < 1.29 is 9.90 Å². The van der Waals surface area contributed by atoms with Gasteiger partial charge in [-0.15, -0.1) is 0 Å². The lowest BCUT2D eigenvalue weighted by molar-refractivity contribution is -0.132. The highest BCUT2D eigenvalue weighted by Crippen LogP contribution is 2.25. The number of carboxylic acid groups (broad SMARTS) is 1. The molecule has 166 valence electrons. The lowest BCUT2D eigenvalue weighted by Crippen LogP contribution is -2.05. The third-order valence-electron chi connectivity index (χ3n) is 6.09. The van der Waals surface area contributed by atoms with Crippen molar-refractivity contribution in [1.82, 2.24) is 0 Å². The number of carbonyl (C=O) groups is 1. The van der Waals surface area contributed by atoms with Gasteiger partial charge in [0.1, 0.15) is 0 Å². The van der Waals surface area contributed by atoms with Gasteiger partial charge in [-0.05, 0) is 18.8 Å². The van der Waals surface area contributed by atoms with Crippen molar-refractivity contribution >= 4 is 5.97 Å². The molecule has 28 heavy (non-hydrogen) atoms. The number of rotatable bonds is 22. The molecule has 2 nitrogen and oxygen atoms in total. The highest BCUT2D eigenvalue weighted by Gasteiger charge is 2.12. The van der Waals surface area contributed by atoms with E-state index in [4.69, 9.17) is 5.11 Å². The van der Waals surface area contributed by atoms with Crippen LogP contribution in [0, 0.1) is 5.92 Å². The van der Waals surface area contributed by atoms with Crippen LogP contribution < -0.4 is 0 Å². The van der Waals surface area contributed by atoms with E-state index in [0.29, 0.717) is 17.9 Å². The third kappa shape index (κ3) is 18.6. The van der Waals surface area contributed by atoms with Gasteiger partial charge in [-0.1, -0.05) is 136 Å². The smallest absolute Gasteiger partial charge is 0.330 e. The summed E-state index contributed by atoms with van der Waals surface area (Å²) in [4.78, 5) is 11.0. The van der Waals surface area contributed by atoms with Gasteiger partial charge < -0.3 is 5.11 Å². The first-order valence-corrected chi connectivity index (χ1v) is 12.5. The van der Waals surface area contributed by atoms with Crippen molar-refractivity contribution in [2.75, 3.05) is 0 Å². The minimum atomic E-state index is -0.821. The van der Waals surface area contributed by atoms with Crippen molar-refractivity contribution in [2.45, 2.75) is 142 Å². The molecule has 0 fully saturated rings. The fourth-order valence-corrected chi connectivity index (χ4v) is 4.05. The van der Waals surface area contributed by atoms with Crippen molar-refractivity contribution in [3.8, 4) is 0 Å². The zero-order valence-electron chi connectivity index (χ0n) is 19.3. The lowest BCUT2D eigenvalue weighted by atomic mass is 9.89. The Morgan fingerprint density at radius 2 is 1.00 bits per heavy atom. The van der Waals surface area contributed by atoms with Gasteiger partial charge in [-0.2, -0.15) is 0 Å². The summed E-state index contributed by atoms with van der Waals surface area (Å²) in [6.45, 7) is 8.26. The molecule has 0 aliphatic heterocycles. The maximum Gasteiger partial charge on any atom is 0.330 e. The van der Waals surface area contributed by atoms with Crippen LogP contribution >= 0.6 is 0 Å². The zero-order valence-corrected chi connectivity index (χ0v) is 19.3. The van der Waals surface area contributed by atoms with Crippen LogP contribution in [0.4, 0.5) is 0 Å². The molecule has 0 aliphatic carbocycles. The molecule has 0 aromatic carbocycles. The number of unbranched alkanes of at least 4 members (excludes halogenated alkanes) is 14. The summed E-state index contributed by atoms with van der Waals surface area (Å²) < 4.78 is 0. The molecule has 0 rings (SSSR count). The Morgan fingerprint density at radius 3 is 1.36 bits per heavy atom. The topological polar surface area (TPSA) is 37.3 Å². The predicted octanol–water partition coefficient (Wildman–Crippen LogP) is 9.09. The van der Waals surface area contributed by atoms with Crippen LogP contribution in [-0.2, 0) is 4.79 Å². The Bertz CT molecular complexity index is 341. The Morgan fingerprint density at radius 1 is 0.643 bits per heavy atom. The molecule has 0 saturated carbocycles. The number of aliphatic carboxylic acids is 1. The summed E-state index contributed by atoms with van der Waals surface area (Å²) in [6, 6.07) is 0. The molecule has 0 unspecified atom stereocenters. The van der Waals surface area contributed by atoms with E-state index >= 15 is 0 Å². The summed E-state index contributed by atoms with van der Waals surface area (Å²) in [5.74, 6) is -0.130. The molecule has 2 heteroatoms. The molecule has 0 spiro atoms. The molecular weight excluding hydrogens is 344 g/mol. The second kappa shape index (κ2) is 20.9. The standard InChI is InChI=1S/C26H50O2/c1-4-6-8-10-12-14-16-18-20-25(23-22-24(3)26(27)28)21-19-17-15-13-11-9-7-5-2/h25H,3-23H2,1-2H3,(H,27,28). The van der Waals surface area contributed by atoms with E-state index in [0.717, 1.165) is 6.42 Å². The monoisotopic (exact) mass is 394 g/mol. The van der Waals surface area contributed by atoms with Gasteiger partial charge in [0.15, 0.2) is 0 Å². The highest BCUT2D eigenvalue weighted by atomic mass is 16.4. The molecule has 0 aliphatic rings. The van der Waals surface area contributed by atoms with Crippen molar-refractivity contribution in [1.29, 1.82) is 0 Å². The first-order valence-electron chi connectivity index (χ1n) is 12.5. The number of hydrogen-bond donors (Lipinski definition) is 1. The van der Waals surface area contributed by atoms with Crippen molar-refractivity contribution in [3.05, 3.63) is 12.2 Å². The molecule has 0 saturated heterocycles. The average Bonchev–Trinajstić information content (AvgIpc) is 2.68.